The monoisotopic (exact) mass is 200 g/mol. The van der Waals surface area contributed by atoms with Crippen molar-refractivity contribution in [2.24, 2.45) is 0 Å². The summed E-state index contributed by atoms with van der Waals surface area (Å²) < 4.78 is 10.3. The van der Waals surface area contributed by atoms with Crippen LogP contribution in [-0.4, -0.2) is 68.4 Å². The number of carbonyl (C=O) groups excluding carboxylic acids is 1. The zero-order chi connectivity index (χ0) is 9.97. The van der Waals surface area contributed by atoms with E-state index in [0.29, 0.717) is 26.3 Å². The largest absolute Gasteiger partial charge is 0.378 e. The van der Waals surface area contributed by atoms with Crippen molar-refractivity contribution in [3.63, 3.8) is 0 Å². The minimum Gasteiger partial charge on any atom is -0.378 e. The molecule has 0 aromatic carbocycles. The molecule has 5 nitrogen and oxygen atoms in total. The highest BCUT2D eigenvalue weighted by Crippen LogP contribution is 2.14. The second-order valence-corrected chi connectivity index (χ2v) is 3.64. The Morgan fingerprint density at radius 1 is 1.29 bits per heavy atom. The SMILES string of the molecule is COC1CN(C(=O)N2CCOCC2)C1. The molecule has 2 amide bonds. The standard InChI is InChI=1S/C9H16N2O3/c1-13-8-6-11(7-8)9(12)10-2-4-14-5-3-10/h8H,2-7H2,1H3. The van der Waals surface area contributed by atoms with E-state index in [1.807, 2.05) is 9.80 Å². The number of likely N-dealkylation sites (tertiary alicyclic amines) is 1. The number of rotatable bonds is 1. The minimum absolute atomic E-state index is 0.126. The smallest absolute Gasteiger partial charge is 0.320 e. The third kappa shape index (κ3) is 1.83. The highest BCUT2D eigenvalue weighted by Gasteiger charge is 2.33. The number of morpholine rings is 1. The van der Waals surface area contributed by atoms with Gasteiger partial charge in [0.15, 0.2) is 0 Å². The molecule has 0 unspecified atom stereocenters. The summed E-state index contributed by atoms with van der Waals surface area (Å²) in [6, 6.07) is 0.126. The Hall–Kier alpha value is -0.810. The molecule has 2 aliphatic rings. The molecule has 0 N–H and O–H groups in total. The maximum absolute atomic E-state index is 11.8. The fraction of sp³-hybridized carbons (Fsp3) is 0.889. The van der Waals surface area contributed by atoms with Gasteiger partial charge in [0.1, 0.15) is 0 Å². The first kappa shape index (κ1) is 9.73. The molecule has 0 bridgehead atoms. The minimum atomic E-state index is 0.126. The maximum atomic E-state index is 11.8. The van der Waals surface area contributed by atoms with Crippen LogP contribution >= 0.6 is 0 Å². The fourth-order valence-corrected chi connectivity index (χ4v) is 1.70. The molecule has 0 spiro atoms. The first-order valence-corrected chi connectivity index (χ1v) is 4.95. The van der Waals surface area contributed by atoms with Crippen molar-refractivity contribution in [1.29, 1.82) is 0 Å². The van der Waals surface area contributed by atoms with E-state index in [-0.39, 0.29) is 12.1 Å². The third-order valence-electron chi connectivity index (χ3n) is 2.73. The van der Waals surface area contributed by atoms with Gasteiger partial charge in [0.2, 0.25) is 0 Å². The molecule has 0 aromatic rings. The maximum Gasteiger partial charge on any atom is 0.320 e. The second-order valence-electron chi connectivity index (χ2n) is 3.64. The Balaban J connectivity index is 1.78. The Bertz CT molecular complexity index is 210. The lowest BCUT2D eigenvalue weighted by Crippen LogP contribution is -2.59. The summed E-state index contributed by atoms with van der Waals surface area (Å²) >= 11 is 0. The molecule has 14 heavy (non-hydrogen) atoms. The average Bonchev–Trinajstić information content (AvgIpc) is 2.17. The predicted octanol–water partition coefficient (Wildman–Crippen LogP) is -0.231. The van der Waals surface area contributed by atoms with Gasteiger partial charge in [0, 0.05) is 20.2 Å². The van der Waals surface area contributed by atoms with Gasteiger partial charge < -0.3 is 19.3 Å². The van der Waals surface area contributed by atoms with Crippen molar-refractivity contribution in [2.45, 2.75) is 6.10 Å². The molecule has 2 aliphatic heterocycles. The van der Waals surface area contributed by atoms with Gasteiger partial charge in [-0.15, -0.1) is 0 Å². The Morgan fingerprint density at radius 2 is 1.93 bits per heavy atom. The van der Waals surface area contributed by atoms with Crippen LogP contribution in [0.2, 0.25) is 0 Å². The van der Waals surface area contributed by atoms with Gasteiger partial charge in [0.25, 0.3) is 0 Å². The van der Waals surface area contributed by atoms with E-state index >= 15 is 0 Å². The molecule has 5 heteroatoms. The van der Waals surface area contributed by atoms with E-state index in [4.69, 9.17) is 9.47 Å². The quantitative estimate of drug-likeness (QED) is 0.587. The average molecular weight is 200 g/mol. The van der Waals surface area contributed by atoms with Crippen LogP contribution in [0.15, 0.2) is 0 Å². The molecule has 2 fully saturated rings. The highest BCUT2D eigenvalue weighted by atomic mass is 16.5. The molecular formula is C9H16N2O3. The van der Waals surface area contributed by atoms with Gasteiger partial charge in [-0.2, -0.15) is 0 Å². The van der Waals surface area contributed by atoms with Crippen LogP contribution in [0.5, 0.6) is 0 Å². The van der Waals surface area contributed by atoms with Gasteiger partial charge in [-0.25, -0.2) is 4.79 Å². The molecular weight excluding hydrogens is 184 g/mol. The van der Waals surface area contributed by atoms with Crippen LogP contribution in [0.25, 0.3) is 0 Å². The van der Waals surface area contributed by atoms with Gasteiger partial charge in [-0.3, -0.25) is 0 Å². The lowest BCUT2D eigenvalue weighted by atomic mass is 10.2. The number of nitrogens with zero attached hydrogens (tertiary/aromatic N) is 2. The summed E-state index contributed by atoms with van der Waals surface area (Å²) in [6.45, 7) is 4.21. The zero-order valence-corrected chi connectivity index (χ0v) is 8.44. The van der Waals surface area contributed by atoms with Crippen LogP contribution in [0, 0.1) is 0 Å². The first-order chi connectivity index (χ1) is 6.81. The summed E-state index contributed by atoms with van der Waals surface area (Å²) in [4.78, 5) is 15.4. The van der Waals surface area contributed by atoms with Gasteiger partial charge >= 0.3 is 6.03 Å². The number of hydrogen-bond acceptors (Lipinski definition) is 3. The Labute approximate surface area is 83.6 Å². The van der Waals surface area contributed by atoms with Gasteiger partial charge in [0.05, 0.1) is 32.4 Å². The van der Waals surface area contributed by atoms with Crippen molar-refractivity contribution in [1.82, 2.24) is 9.80 Å². The van der Waals surface area contributed by atoms with Crippen molar-refractivity contribution in [3.8, 4) is 0 Å². The lowest BCUT2D eigenvalue weighted by molar-refractivity contribution is -0.0244. The molecule has 0 saturated carbocycles. The van der Waals surface area contributed by atoms with Crippen LogP contribution in [0.4, 0.5) is 4.79 Å². The Kier molecular flexibility index (Phi) is 2.88. The molecule has 0 aliphatic carbocycles. The topological polar surface area (TPSA) is 42.0 Å². The lowest BCUT2D eigenvalue weighted by Gasteiger charge is -2.41. The molecule has 80 valence electrons. The van der Waals surface area contributed by atoms with Crippen molar-refractivity contribution >= 4 is 6.03 Å². The second kappa shape index (κ2) is 4.14. The van der Waals surface area contributed by atoms with E-state index in [9.17, 15) is 4.79 Å². The van der Waals surface area contributed by atoms with E-state index in [2.05, 4.69) is 0 Å². The predicted molar refractivity (Wildman–Crippen MR) is 50.2 cm³/mol. The normalized spacial score (nSPS) is 23.5. The van der Waals surface area contributed by atoms with Gasteiger partial charge in [-0.05, 0) is 0 Å². The van der Waals surface area contributed by atoms with Crippen LogP contribution in [0.3, 0.4) is 0 Å². The number of ether oxygens (including phenoxy) is 2. The third-order valence-corrected chi connectivity index (χ3v) is 2.73. The number of methoxy groups -OCH3 is 1. The van der Waals surface area contributed by atoms with Crippen LogP contribution < -0.4 is 0 Å². The van der Waals surface area contributed by atoms with Gasteiger partial charge in [-0.1, -0.05) is 0 Å². The fourth-order valence-electron chi connectivity index (χ4n) is 1.70. The van der Waals surface area contributed by atoms with E-state index in [1.54, 1.807) is 7.11 Å². The number of carbonyl (C=O) groups is 1. The molecule has 2 saturated heterocycles. The molecule has 0 atom stereocenters. The summed E-state index contributed by atoms with van der Waals surface area (Å²) in [5, 5.41) is 0. The Morgan fingerprint density at radius 3 is 2.50 bits per heavy atom. The van der Waals surface area contributed by atoms with Crippen LogP contribution in [-0.2, 0) is 9.47 Å². The summed E-state index contributed by atoms with van der Waals surface area (Å²) in [7, 11) is 1.68. The number of hydrogen-bond donors (Lipinski definition) is 0. The zero-order valence-electron chi connectivity index (χ0n) is 8.44. The molecule has 2 rings (SSSR count). The first-order valence-electron chi connectivity index (χ1n) is 4.95. The summed E-state index contributed by atoms with van der Waals surface area (Å²) in [6.07, 6.45) is 0.236. The number of amides is 2. The van der Waals surface area contributed by atoms with E-state index < -0.39 is 0 Å². The highest BCUT2D eigenvalue weighted by molar-refractivity contribution is 5.75. The van der Waals surface area contributed by atoms with Crippen molar-refractivity contribution in [3.05, 3.63) is 0 Å². The molecule has 2 heterocycles. The van der Waals surface area contributed by atoms with E-state index in [0.717, 1.165) is 13.1 Å². The summed E-state index contributed by atoms with van der Waals surface area (Å²) in [5.41, 5.74) is 0. The van der Waals surface area contributed by atoms with Crippen molar-refractivity contribution in [2.75, 3.05) is 46.5 Å². The summed E-state index contributed by atoms with van der Waals surface area (Å²) in [5.74, 6) is 0. The van der Waals surface area contributed by atoms with E-state index in [1.165, 1.54) is 0 Å². The van der Waals surface area contributed by atoms with Crippen molar-refractivity contribution < 1.29 is 14.3 Å². The van der Waals surface area contributed by atoms with Crippen LogP contribution in [0.1, 0.15) is 0 Å². The molecule has 0 radical (unpaired) electrons. The molecule has 0 aromatic heterocycles. The number of urea groups is 1.